The third-order valence-corrected chi connectivity index (χ3v) is 2.59. The fourth-order valence-corrected chi connectivity index (χ4v) is 1.74. The summed E-state index contributed by atoms with van der Waals surface area (Å²) < 4.78 is 0. The zero-order valence-electron chi connectivity index (χ0n) is 8.50. The van der Waals surface area contributed by atoms with Crippen molar-refractivity contribution in [3.8, 4) is 0 Å². The first-order valence-electron chi connectivity index (χ1n) is 4.45. The van der Waals surface area contributed by atoms with Crippen LogP contribution in [0.1, 0.15) is 9.88 Å². The molecule has 1 N–H and O–H groups in total. The molecule has 0 fully saturated rings. The average molecular weight is 199 g/mol. The molecule has 0 atom stereocenters. The van der Waals surface area contributed by atoms with Gasteiger partial charge in [0.2, 0.25) is 0 Å². The zero-order chi connectivity index (χ0) is 9.68. The molecule has 0 saturated heterocycles. The number of nitrogens with one attached hydrogen (secondary N) is 1. The Morgan fingerprint density at radius 3 is 2.85 bits per heavy atom. The van der Waals surface area contributed by atoms with Gasteiger partial charge in [0.05, 0.1) is 0 Å². The quantitative estimate of drug-likeness (QED) is 0.720. The minimum absolute atomic E-state index is 0.895. The molecule has 0 bridgehead atoms. The highest BCUT2D eigenvalue weighted by atomic mass is 32.1. The molecule has 1 aromatic heterocycles. The molecule has 1 aromatic rings. The summed E-state index contributed by atoms with van der Waals surface area (Å²) in [5.41, 5.74) is 0. The van der Waals surface area contributed by atoms with E-state index in [0.717, 1.165) is 19.6 Å². The number of thiazole rings is 1. The summed E-state index contributed by atoms with van der Waals surface area (Å²) in [6.45, 7) is 5.07. The third kappa shape index (κ3) is 4.36. The molecule has 1 rings (SSSR count). The number of rotatable bonds is 5. The van der Waals surface area contributed by atoms with Crippen LogP contribution in [0, 0.1) is 6.92 Å². The van der Waals surface area contributed by atoms with E-state index in [1.54, 1.807) is 11.3 Å². The first kappa shape index (κ1) is 10.6. The number of likely N-dealkylation sites (N-methyl/N-ethyl adjacent to an activating group) is 1. The average Bonchev–Trinajstić information content (AvgIpc) is 2.45. The van der Waals surface area contributed by atoms with Crippen molar-refractivity contribution < 1.29 is 0 Å². The van der Waals surface area contributed by atoms with Crippen molar-refractivity contribution >= 4 is 11.3 Å². The second-order valence-corrected chi connectivity index (χ2v) is 4.66. The fraction of sp³-hybridized carbons (Fsp3) is 0.667. The molecule has 0 aliphatic rings. The van der Waals surface area contributed by atoms with Gasteiger partial charge in [-0.05, 0) is 21.0 Å². The van der Waals surface area contributed by atoms with Gasteiger partial charge in [0.1, 0.15) is 5.01 Å². The molecule has 0 radical (unpaired) electrons. The Kier molecular flexibility index (Phi) is 4.35. The van der Waals surface area contributed by atoms with E-state index in [1.165, 1.54) is 9.88 Å². The molecule has 1 heterocycles. The zero-order valence-corrected chi connectivity index (χ0v) is 9.32. The van der Waals surface area contributed by atoms with Gasteiger partial charge in [-0.25, -0.2) is 4.98 Å². The van der Waals surface area contributed by atoms with Gasteiger partial charge < -0.3 is 10.2 Å². The maximum atomic E-state index is 4.27. The van der Waals surface area contributed by atoms with Crippen molar-refractivity contribution in [1.82, 2.24) is 15.2 Å². The highest BCUT2D eigenvalue weighted by Gasteiger charge is 1.97. The number of aryl methyl sites for hydroxylation is 1. The summed E-state index contributed by atoms with van der Waals surface area (Å²) in [6.07, 6.45) is 1.92. The molecule has 74 valence electrons. The van der Waals surface area contributed by atoms with E-state index in [1.807, 2.05) is 6.20 Å². The molecule has 4 heteroatoms. The topological polar surface area (TPSA) is 28.2 Å². The van der Waals surface area contributed by atoms with Crippen LogP contribution in [0.25, 0.3) is 0 Å². The van der Waals surface area contributed by atoms with Gasteiger partial charge in [-0.1, -0.05) is 0 Å². The maximum Gasteiger partial charge on any atom is 0.107 e. The van der Waals surface area contributed by atoms with Crippen LogP contribution >= 0.6 is 11.3 Å². The largest absolute Gasteiger partial charge is 0.309 e. The minimum atomic E-state index is 0.895. The van der Waals surface area contributed by atoms with Crippen molar-refractivity contribution in [3.63, 3.8) is 0 Å². The van der Waals surface area contributed by atoms with Crippen molar-refractivity contribution in [1.29, 1.82) is 0 Å². The Labute approximate surface area is 83.8 Å². The number of hydrogen-bond acceptors (Lipinski definition) is 4. The molecule has 13 heavy (non-hydrogen) atoms. The Bertz CT molecular complexity index is 245. The van der Waals surface area contributed by atoms with Crippen molar-refractivity contribution in [2.24, 2.45) is 0 Å². The molecular formula is C9H17N3S. The Morgan fingerprint density at radius 2 is 2.31 bits per heavy atom. The lowest BCUT2D eigenvalue weighted by Crippen LogP contribution is -2.26. The molecule has 0 saturated carbocycles. The third-order valence-electron chi connectivity index (χ3n) is 1.68. The number of aromatic nitrogens is 1. The van der Waals surface area contributed by atoms with Gasteiger partial charge >= 0.3 is 0 Å². The Hall–Kier alpha value is -0.450. The Morgan fingerprint density at radius 1 is 1.54 bits per heavy atom. The lowest BCUT2D eigenvalue weighted by molar-refractivity contribution is 0.400. The van der Waals surface area contributed by atoms with Crippen LogP contribution in [-0.2, 0) is 6.54 Å². The molecular weight excluding hydrogens is 182 g/mol. The summed E-state index contributed by atoms with van der Waals surface area (Å²) in [7, 11) is 4.16. The number of hydrogen-bond donors (Lipinski definition) is 1. The summed E-state index contributed by atoms with van der Waals surface area (Å²) in [5, 5.41) is 4.53. The standard InChI is InChI=1S/C9H17N3S/c1-8-6-11-9(13-8)7-10-4-5-12(2)3/h6,10H,4-5,7H2,1-3H3. The van der Waals surface area contributed by atoms with Crippen LogP contribution in [0.5, 0.6) is 0 Å². The van der Waals surface area contributed by atoms with Crippen molar-refractivity contribution in [3.05, 3.63) is 16.1 Å². The van der Waals surface area contributed by atoms with Gasteiger partial charge in [-0.3, -0.25) is 0 Å². The molecule has 0 unspecified atom stereocenters. The normalized spacial score (nSPS) is 11.1. The fourth-order valence-electron chi connectivity index (χ4n) is 0.981. The monoisotopic (exact) mass is 199 g/mol. The van der Waals surface area contributed by atoms with Crippen molar-refractivity contribution in [2.45, 2.75) is 13.5 Å². The number of nitrogens with zero attached hydrogens (tertiary/aromatic N) is 2. The highest BCUT2D eigenvalue weighted by molar-refractivity contribution is 7.11. The SMILES string of the molecule is Cc1cnc(CNCCN(C)C)s1. The first-order valence-corrected chi connectivity index (χ1v) is 5.27. The van der Waals surface area contributed by atoms with E-state index in [-0.39, 0.29) is 0 Å². The lowest BCUT2D eigenvalue weighted by Gasteiger charge is -2.08. The molecule has 0 aromatic carbocycles. The predicted molar refractivity (Wildman–Crippen MR) is 57.1 cm³/mol. The molecule has 0 aliphatic heterocycles. The van der Waals surface area contributed by atoms with E-state index in [2.05, 4.69) is 36.2 Å². The predicted octanol–water partition coefficient (Wildman–Crippen LogP) is 1.10. The minimum Gasteiger partial charge on any atom is -0.309 e. The van der Waals surface area contributed by atoms with E-state index in [0.29, 0.717) is 0 Å². The van der Waals surface area contributed by atoms with E-state index in [4.69, 9.17) is 0 Å². The van der Waals surface area contributed by atoms with Crippen LogP contribution in [-0.4, -0.2) is 37.1 Å². The summed E-state index contributed by atoms with van der Waals surface area (Å²) >= 11 is 1.76. The van der Waals surface area contributed by atoms with Gasteiger partial charge in [0.15, 0.2) is 0 Å². The maximum absolute atomic E-state index is 4.27. The van der Waals surface area contributed by atoms with Crippen molar-refractivity contribution in [2.75, 3.05) is 27.2 Å². The van der Waals surface area contributed by atoms with Crippen LogP contribution in [0.15, 0.2) is 6.20 Å². The molecule has 3 nitrogen and oxygen atoms in total. The second kappa shape index (κ2) is 5.32. The first-order chi connectivity index (χ1) is 6.18. The van der Waals surface area contributed by atoms with E-state index >= 15 is 0 Å². The summed E-state index contributed by atoms with van der Waals surface area (Å²) in [6, 6.07) is 0. The van der Waals surface area contributed by atoms with Gasteiger partial charge in [-0.15, -0.1) is 11.3 Å². The summed E-state index contributed by atoms with van der Waals surface area (Å²) in [5.74, 6) is 0. The lowest BCUT2D eigenvalue weighted by atomic mass is 10.5. The molecule has 0 spiro atoms. The smallest absolute Gasteiger partial charge is 0.107 e. The highest BCUT2D eigenvalue weighted by Crippen LogP contribution is 2.09. The molecule has 0 amide bonds. The second-order valence-electron chi connectivity index (χ2n) is 3.34. The van der Waals surface area contributed by atoms with Gasteiger partial charge in [-0.2, -0.15) is 0 Å². The summed E-state index contributed by atoms with van der Waals surface area (Å²) in [4.78, 5) is 7.72. The van der Waals surface area contributed by atoms with Gasteiger partial charge in [0.25, 0.3) is 0 Å². The molecule has 0 aliphatic carbocycles. The van der Waals surface area contributed by atoms with Gasteiger partial charge in [0, 0.05) is 30.7 Å². The van der Waals surface area contributed by atoms with Crippen LogP contribution < -0.4 is 5.32 Å². The Balaban J connectivity index is 2.13. The van der Waals surface area contributed by atoms with Crippen LogP contribution in [0.4, 0.5) is 0 Å². The van der Waals surface area contributed by atoms with E-state index < -0.39 is 0 Å². The van der Waals surface area contributed by atoms with E-state index in [9.17, 15) is 0 Å². The van der Waals surface area contributed by atoms with Crippen LogP contribution in [0.2, 0.25) is 0 Å². The van der Waals surface area contributed by atoms with Crippen LogP contribution in [0.3, 0.4) is 0 Å².